The zero-order valence-electron chi connectivity index (χ0n) is 12.2. The Bertz CT molecular complexity index is 436. The summed E-state index contributed by atoms with van der Waals surface area (Å²) in [4.78, 5) is 0. The molecule has 1 atom stereocenters. The van der Waals surface area contributed by atoms with Crippen molar-refractivity contribution in [3.8, 4) is 0 Å². The highest BCUT2D eigenvalue weighted by molar-refractivity contribution is 5.58. The third-order valence-corrected chi connectivity index (χ3v) is 4.30. The van der Waals surface area contributed by atoms with Crippen LogP contribution in [-0.2, 0) is 0 Å². The molecule has 0 saturated carbocycles. The van der Waals surface area contributed by atoms with Crippen LogP contribution in [0.1, 0.15) is 36.5 Å². The van der Waals surface area contributed by atoms with Gasteiger partial charge in [0.2, 0.25) is 0 Å². The van der Waals surface area contributed by atoms with Crippen LogP contribution in [0.3, 0.4) is 0 Å². The summed E-state index contributed by atoms with van der Waals surface area (Å²) >= 11 is 0. The molecule has 2 heteroatoms. The number of aryl methyl sites for hydroxylation is 2. The smallest absolute Gasteiger partial charge is 0.0831 e. The number of piperidine rings is 1. The van der Waals surface area contributed by atoms with Crippen LogP contribution in [0.15, 0.2) is 24.3 Å². The maximum Gasteiger partial charge on any atom is 0.0831 e. The lowest BCUT2D eigenvalue weighted by Gasteiger charge is -2.33. The zero-order chi connectivity index (χ0) is 13.9. The van der Waals surface area contributed by atoms with E-state index in [1.165, 1.54) is 16.7 Å². The summed E-state index contributed by atoms with van der Waals surface area (Å²) < 4.78 is 0. The number of hydrogen-bond donors (Lipinski definition) is 2. The molecule has 104 valence electrons. The van der Waals surface area contributed by atoms with Crippen LogP contribution < -0.4 is 5.32 Å². The van der Waals surface area contributed by atoms with Gasteiger partial charge in [0, 0.05) is 0 Å². The van der Waals surface area contributed by atoms with Crippen molar-refractivity contribution in [3.63, 3.8) is 0 Å². The summed E-state index contributed by atoms with van der Waals surface area (Å²) in [5.41, 5.74) is 3.04. The first-order valence-electron chi connectivity index (χ1n) is 7.19. The van der Waals surface area contributed by atoms with Crippen molar-refractivity contribution in [1.29, 1.82) is 0 Å². The Morgan fingerprint density at radius 1 is 1.21 bits per heavy atom. The second kappa shape index (κ2) is 5.89. The summed E-state index contributed by atoms with van der Waals surface area (Å²) in [5.74, 6) is 0.356. The van der Waals surface area contributed by atoms with Gasteiger partial charge in [0.1, 0.15) is 0 Å². The van der Waals surface area contributed by atoms with Crippen molar-refractivity contribution in [1.82, 2.24) is 5.32 Å². The SMILES string of the molecule is Cc1cccc(C)c1C=CC(C)(O)C1CCNCC1. The molecule has 1 fully saturated rings. The normalized spacial score (nSPS) is 20.6. The molecule has 1 unspecified atom stereocenters. The first-order chi connectivity index (χ1) is 9.00. The predicted octanol–water partition coefficient (Wildman–Crippen LogP) is 3.07. The third kappa shape index (κ3) is 3.46. The number of benzene rings is 1. The Labute approximate surface area is 116 Å². The van der Waals surface area contributed by atoms with Gasteiger partial charge in [0.15, 0.2) is 0 Å². The Hall–Kier alpha value is -1.12. The quantitative estimate of drug-likeness (QED) is 0.874. The van der Waals surface area contributed by atoms with Crippen molar-refractivity contribution < 1.29 is 5.11 Å². The van der Waals surface area contributed by atoms with Crippen LogP contribution >= 0.6 is 0 Å². The Morgan fingerprint density at radius 3 is 2.37 bits per heavy atom. The minimum absolute atomic E-state index is 0.356. The Kier molecular flexibility index (Phi) is 4.43. The van der Waals surface area contributed by atoms with Gasteiger partial charge in [-0.1, -0.05) is 30.4 Å². The Morgan fingerprint density at radius 2 is 1.79 bits per heavy atom. The van der Waals surface area contributed by atoms with E-state index in [9.17, 15) is 5.11 Å². The van der Waals surface area contributed by atoms with Gasteiger partial charge in [-0.15, -0.1) is 0 Å². The van der Waals surface area contributed by atoms with Gasteiger partial charge in [0.25, 0.3) is 0 Å². The van der Waals surface area contributed by atoms with Gasteiger partial charge in [-0.2, -0.15) is 0 Å². The molecule has 2 rings (SSSR count). The molecule has 1 aliphatic heterocycles. The first-order valence-corrected chi connectivity index (χ1v) is 7.19. The fraction of sp³-hybridized carbons (Fsp3) is 0.529. The molecule has 1 aliphatic rings. The second-order valence-corrected chi connectivity index (χ2v) is 5.89. The minimum Gasteiger partial charge on any atom is -0.386 e. The molecule has 0 spiro atoms. The van der Waals surface area contributed by atoms with Gasteiger partial charge in [0.05, 0.1) is 5.60 Å². The van der Waals surface area contributed by atoms with Gasteiger partial charge in [-0.3, -0.25) is 0 Å². The standard InChI is InChI=1S/C17H25NO/c1-13-5-4-6-14(2)16(13)7-10-17(3,19)15-8-11-18-12-9-15/h4-7,10,15,18-19H,8-9,11-12H2,1-3H3. The summed E-state index contributed by atoms with van der Waals surface area (Å²) in [6.07, 6.45) is 6.17. The summed E-state index contributed by atoms with van der Waals surface area (Å²) in [5, 5.41) is 14.0. The lowest BCUT2D eigenvalue weighted by Crippen LogP contribution is -2.40. The molecule has 2 N–H and O–H groups in total. The van der Waals surface area contributed by atoms with E-state index in [1.54, 1.807) is 0 Å². The Balaban J connectivity index is 2.16. The van der Waals surface area contributed by atoms with E-state index < -0.39 is 5.60 Å². The van der Waals surface area contributed by atoms with Crippen LogP contribution in [0.5, 0.6) is 0 Å². The van der Waals surface area contributed by atoms with Crippen LogP contribution in [-0.4, -0.2) is 23.8 Å². The topological polar surface area (TPSA) is 32.3 Å². The molecule has 0 aliphatic carbocycles. The monoisotopic (exact) mass is 259 g/mol. The first kappa shape index (κ1) is 14.3. The second-order valence-electron chi connectivity index (χ2n) is 5.89. The maximum absolute atomic E-state index is 10.7. The molecular formula is C17H25NO. The highest BCUT2D eigenvalue weighted by atomic mass is 16.3. The van der Waals surface area contributed by atoms with Crippen molar-refractivity contribution in [2.45, 2.75) is 39.2 Å². The molecular weight excluding hydrogens is 234 g/mol. The average molecular weight is 259 g/mol. The highest BCUT2D eigenvalue weighted by Gasteiger charge is 2.30. The zero-order valence-corrected chi connectivity index (χ0v) is 12.2. The summed E-state index contributed by atoms with van der Waals surface area (Å²) in [6.45, 7) is 8.20. The maximum atomic E-state index is 10.7. The molecule has 2 nitrogen and oxygen atoms in total. The molecule has 1 aromatic rings. The van der Waals surface area contributed by atoms with Crippen molar-refractivity contribution >= 4 is 6.08 Å². The summed E-state index contributed by atoms with van der Waals surface area (Å²) in [7, 11) is 0. The molecule has 1 aromatic carbocycles. The number of aliphatic hydroxyl groups is 1. The highest BCUT2D eigenvalue weighted by Crippen LogP contribution is 2.28. The molecule has 1 heterocycles. The fourth-order valence-electron chi connectivity index (χ4n) is 2.88. The summed E-state index contributed by atoms with van der Waals surface area (Å²) in [6, 6.07) is 6.31. The average Bonchev–Trinajstić information content (AvgIpc) is 2.39. The molecule has 1 saturated heterocycles. The largest absolute Gasteiger partial charge is 0.386 e. The van der Waals surface area contributed by atoms with Gasteiger partial charge >= 0.3 is 0 Å². The van der Waals surface area contributed by atoms with Crippen LogP contribution in [0, 0.1) is 19.8 Å². The van der Waals surface area contributed by atoms with Crippen LogP contribution in [0.2, 0.25) is 0 Å². The molecule has 0 aromatic heterocycles. The lowest BCUT2D eigenvalue weighted by atomic mass is 9.81. The van der Waals surface area contributed by atoms with Gasteiger partial charge < -0.3 is 10.4 Å². The third-order valence-electron chi connectivity index (χ3n) is 4.30. The molecule has 0 bridgehead atoms. The lowest BCUT2D eigenvalue weighted by molar-refractivity contribution is 0.0319. The fourth-order valence-corrected chi connectivity index (χ4v) is 2.88. The van der Waals surface area contributed by atoms with E-state index in [0.717, 1.165) is 25.9 Å². The van der Waals surface area contributed by atoms with E-state index in [4.69, 9.17) is 0 Å². The van der Waals surface area contributed by atoms with E-state index >= 15 is 0 Å². The minimum atomic E-state index is -0.711. The molecule has 0 amide bonds. The number of rotatable bonds is 3. The van der Waals surface area contributed by atoms with Crippen molar-refractivity contribution in [3.05, 3.63) is 41.0 Å². The van der Waals surface area contributed by atoms with E-state index in [2.05, 4.69) is 43.4 Å². The molecule has 19 heavy (non-hydrogen) atoms. The van der Waals surface area contributed by atoms with E-state index in [0.29, 0.717) is 5.92 Å². The van der Waals surface area contributed by atoms with E-state index in [1.807, 2.05) is 13.0 Å². The molecule has 0 radical (unpaired) electrons. The van der Waals surface area contributed by atoms with Crippen molar-refractivity contribution in [2.75, 3.05) is 13.1 Å². The van der Waals surface area contributed by atoms with Gasteiger partial charge in [-0.05, 0) is 69.3 Å². The number of nitrogens with one attached hydrogen (secondary N) is 1. The van der Waals surface area contributed by atoms with Crippen LogP contribution in [0.25, 0.3) is 6.08 Å². The van der Waals surface area contributed by atoms with Crippen molar-refractivity contribution in [2.24, 2.45) is 5.92 Å². The van der Waals surface area contributed by atoms with Crippen LogP contribution in [0.4, 0.5) is 0 Å². The van der Waals surface area contributed by atoms with E-state index in [-0.39, 0.29) is 0 Å². The predicted molar refractivity (Wildman–Crippen MR) is 81.2 cm³/mol. The van der Waals surface area contributed by atoms with Gasteiger partial charge in [-0.25, -0.2) is 0 Å². The number of hydrogen-bond acceptors (Lipinski definition) is 2.